The van der Waals surface area contributed by atoms with Crippen molar-refractivity contribution in [2.75, 3.05) is 7.11 Å². The first-order valence-corrected chi connectivity index (χ1v) is 7.46. The molecule has 0 radical (unpaired) electrons. The summed E-state index contributed by atoms with van der Waals surface area (Å²) in [6, 6.07) is 0. The number of ether oxygens (including phenoxy) is 1. The van der Waals surface area contributed by atoms with Crippen LogP contribution in [0.15, 0.2) is 0 Å². The van der Waals surface area contributed by atoms with E-state index >= 15 is 0 Å². The average Bonchev–Trinajstić information content (AvgIpc) is 2.88. The Morgan fingerprint density at radius 2 is 1.82 bits per heavy atom. The zero-order valence-corrected chi connectivity index (χ0v) is 11.5. The molecule has 2 fully saturated rings. The summed E-state index contributed by atoms with van der Waals surface area (Å²) in [4.78, 5) is 0. The van der Waals surface area contributed by atoms with Crippen LogP contribution in [0.4, 0.5) is 0 Å². The van der Waals surface area contributed by atoms with E-state index in [2.05, 4.69) is 6.92 Å². The molecule has 2 rings (SSSR count). The maximum absolute atomic E-state index is 10.8. The van der Waals surface area contributed by atoms with E-state index in [1.165, 1.54) is 44.9 Å². The highest BCUT2D eigenvalue weighted by Gasteiger charge is 2.46. The molecule has 2 nitrogen and oxygen atoms in total. The Balaban J connectivity index is 2.08. The van der Waals surface area contributed by atoms with E-state index in [9.17, 15) is 5.11 Å². The monoisotopic (exact) mass is 240 g/mol. The van der Waals surface area contributed by atoms with Gasteiger partial charge in [-0.15, -0.1) is 0 Å². The van der Waals surface area contributed by atoms with E-state index < -0.39 is 0 Å². The van der Waals surface area contributed by atoms with Crippen LogP contribution in [0.1, 0.15) is 64.7 Å². The Labute approximate surface area is 106 Å². The van der Waals surface area contributed by atoms with Gasteiger partial charge in [-0.25, -0.2) is 0 Å². The molecule has 0 bridgehead atoms. The van der Waals surface area contributed by atoms with Crippen molar-refractivity contribution >= 4 is 0 Å². The first kappa shape index (κ1) is 13.4. The molecule has 0 spiro atoms. The van der Waals surface area contributed by atoms with Crippen LogP contribution in [0.3, 0.4) is 0 Å². The summed E-state index contributed by atoms with van der Waals surface area (Å²) >= 11 is 0. The maximum Gasteiger partial charge on any atom is 0.0939 e. The summed E-state index contributed by atoms with van der Waals surface area (Å²) in [5.74, 6) is 1.19. The van der Waals surface area contributed by atoms with Crippen molar-refractivity contribution < 1.29 is 9.84 Å². The lowest BCUT2D eigenvalue weighted by atomic mass is 9.70. The molecule has 0 amide bonds. The Morgan fingerprint density at radius 1 is 1.18 bits per heavy atom. The SMILES string of the molecule is CCC1CCCCC1C(O)C1(OC)CCCC1. The van der Waals surface area contributed by atoms with Crippen LogP contribution >= 0.6 is 0 Å². The van der Waals surface area contributed by atoms with Gasteiger partial charge in [0.2, 0.25) is 0 Å². The Bertz CT molecular complexity index is 233. The molecule has 1 N–H and O–H groups in total. The fourth-order valence-electron chi connectivity index (χ4n) is 4.14. The second-order valence-corrected chi connectivity index (χ2v) is 6.04. The average molecular weight is 240 g/mol. The van der Waals surface area contributed by atoms with Crippen LogP contribution < -0.4 is 0 Å². The quantitative estimate of drug-likeness (QED) is 0.814. The fraction of sp³-hybridized carbons (Fsp3) is 1.00. The van der Waals surface area contributed by atoms with Crippen molar-refractivity contribution in [3.05, 3.63) is 0 Å². The molecule has 3 atom stereocenters. The number of rotatable bonds is 4. The zero-order chi connectivity index (χ0) is 12.3. The number of aliphatic hydroxyl groups is 1. The van der Waals surface area contributed by atoms with Crippen LogP contribution in [0.5, 0.6) is 0 Å². The van der Waals surface area contributed by atoms with Crippen molar-refractivity contribution in [3.8, 4) is 0 Å². The van der Waals surface area contributed by atoms with Crippen LogP contribution in [0.2, 0.25) is 0 Å². The largest absolute Gasteiger partial charge is 0.390 e. The lowest BCUT2D eigenvalue weighted by Gasteiger charge is -2.42. The minimum atomic E-state index is -0.236. The Kier molecular flexibility index (Phi) is 4.48. The Morgan fingerprint density at radius 3 is 2.41 bits per heavy atom. The van der Waals surface area contributed by atoms with Gasteiger partial charge in [0.15, 0.2) is 0 Å². The first-order chi connectivity index (χ1) is 8.23. The summed E-state index contributed by atoms with van der Waals surface area (Å²) in [5, 5.41) is 10.8. The molecule has 0 aromatic carbocycles. The van der Waals surface area contributed by atoms with Gasteiger partial charge in [0.1, 0.15) is 0 Å². The third kappa shape index (κ3) is 2.53. The van der Waals surface area contributed by atoms with Crippen molar-refractivity contribution in [2.45, 2.75) is 76.4 Å². The fourth-order valence-corrected chi connectivity index (χ4v) is 4.14. The molecule has 0 aromatic rings. The molecule has 2 saturated carbocycles. The van der Waals surface area contributed by atoms with Crippen LogP contribution in [0, 0.1) is 11.8 Å². The van der Waals surface area contributed by atoms with Crippen molar-refractivity contribution in [1.82, 2.24) is 0 Å². The molecular formula is C15H28O2. The van der Waals surface area contributed by atoms with Crippen molar-refractivity contribution in [1.29, 1.82) is 0 Å². The van der Waals surface area contributed by atoms with E-state index in [0.717, 1.165) is 12.8 Å². The molecule has 2 aliphatic carbocycles. The van der Waals surface area contributed by atoms with E-state index in [4.69, 9.17) is 4.74 Å². The first-order valence-electron chi connectivity index (χ1n) is 7.46. The maximum atomic E-state index is 10.8. The van der Waals surface area contributed by atoms with E-state index in [0.29, 0.717) is 11.8 Å². The third-order valence-electron chi connectivity index (χ3n) is 5.29. The summed E-state index contributed by atoms with van der Waals surface area (Å²) in [5.41, 5.74) is -0.213. The minimum absolute atomic E-state index is 0.213. The van der Waals surface area contributed by atoms with E-state index in [-0.39, 0.29) is 11.7 Å². The van der Waals surface area contributed by atoms with E-state index in [1.807, 2.05) is 0 Å². The van der Waals surface area contributed by atoms with Crippen LogP contribution in [-0.2, 0) is 4.74 Å². The third-order valence-corrected chi connectivity index (χ3v) is 5.29. The molecule has 0 aromatic heterocycles. The number of aliphatic hydroxyl groups excluding tert-OH is 1. The highest BCUT2D eigenvalue weighted by Crippen LogP contribution is 2.44. The highest BCUT2D eigenvalue weighted by molar-refractivity contribution is 4.97. The normalized spacial score (nSPS) is 34.8. The van der Waals surface area contributed by atoms with Gasteiger partial charge < -0.3 is 9.84 Å². The van der Waals surface area contributed by atoms with Gasteiger partial charge in [-0.05, 0) is 31.1 Å². The minimum Gasteiger partial charge on any atom is -0.390 e. The highest BCUT2D eigenvalue weighted by atomic mass is 16.5. The van der Waals surface area contributed by atoms with Crippen molar-refractivity contribution in [3.63, 3.8) is 0 Å². The summed E-state index contributed by atoms with van der Waals surface area (Å²) in [6.07, 6.45) is 10.7. The number of hydrogen-bond acceptors (Lipinski definition) is 2. The topological polar surface area (TPSA) is 29.5 Å². The molecular weight excluding hydrogens is 212 g/mol. The molecule has 100 valence electrons. The van der Waals surface area contributed by atoms with Crippen molar-refractivity contribution in [2.24, 2.45) is 11.8 Å². The Hall–Kier alpha value is -0.0800. The molecule has 0 heterocycles. The van der Waals surface area contributed by atoms with Gasteiger partial charge in [0.25, 0.3) is 0 Å². The van der Waals surface area contributed by atoms with Crippen LogP contribution in [0.25, 0.3) is 0 Å². The predicted octanol–water partition coefficient (Wildman–Crippen LogP) is 3.52. The molecule has 2 heteroatoms. The zero-order valence-electron chi connectivity index (χ0n) is 11.5. The number of hydrogen-bond donors (Lipinski definition) is 1. The number of methoxy groups -OCH3 is 1. The van der Waals surface area contributed by atoms with Gasteiger partial charge in [-0.2, -0.15) is 0 Å². The molecule has 2 aliphatic rings. The molecule has 0 saturated heterocycles. The van der Waals surface area contributed by atoms with E-state index in [1.54, 1.807) is 7.11 Å². The smallest absolute Gasteiger partial charge is 0.0939 e. The van der Waals surface area contributed by atoms with Gasteiger partial charge in [0.05, 0.1) is 11.7 Å². The standard InChI is InChI=1S/C15H28O2/c1-3-12-8-4-5-9-13(12)14(16)15(17-2)10-6-7-11-15/h12-14,16H,3-11H2,1-2H3. The van der Waals surface area contributed by atoms with Gasteiger partial charge in [-0.1, -0.05) is 45.4 Å². The molecule has 3 unspecified atom stereocenters. The van der Waals surface area contributed by atoms with Gasteiger partial charge in [-0.3, -0.25) is 0 Å². The van der Waals surface area contributed by atoms with Gasteiger partial charge in [0, 0.05) is 7.11 Å². The molecule has 0 aliphatic heterocycles. The summed E-state index contributed by atoms with van der Waals surface area (Å²) < 4.78 is 5.76. The van der Waals surface area contributed by atoms with Crippen LogP contribution in [-0.4, -0.2) is 23.9 Å². The molecule has 17 heavy (non-hydrogen) atoms. The lowest BCUT2D eigenvalue weighted by Crippen LogP contribution is -2.48. The predicted molar refractivity (Wildman–Crippen MR) is 70.0 cm³/mol. The van der Waals surface area contributed by atoms with Gasteiger partial charge >= 0.3 is 0 Å². The second-order valence-electron chi connectivity index (χ2n) is 6.04. The summed E-state index contributed by atoms with van der Waals surface area (Å²) in [7, 11) is 1.79. The lowest BCUT2D eigenvalue weighted by molar-refractivity contribution is -0.134. The summed E-state index contributed by atoms with van der Waals surface area (Å²) in [6.45, 7) is 2.27. The second kappa shape index (κ2) is 5.71.